The van der Waals surface area contributed by atoms with Gasteiger partial charge in [0.15, 0.2) is 0 Å². The third kappa shape index (κ3) is 6.40. The minimum atomic E-state index is -3.63. The first kappa shape index (κ1) is 22.0. The van der Waals surface area contributed by atoms with E-state index in [-0.39, 0.29) is 29.8 Å². The van der Waals surface area contributed by atoms with E-state index in [1.165, 1.54) is 18.6 Å². The fourth-order valence-corrected chi connectivity index (χ4v) is 4.71. The zero-order chi connectivity index (χ0) is 20.7. The van der Waals surface area contributed by atoms with Gasteiger partial charge in [-0.25, -0.2) is 13.1 Å². The minimum Gasteiger partial charge on any atom is -0.468 e. The molecule has 1 aliphatic rings. The minimum absolute atomic E-state index is 0.00583. The van der Waals surface area contributed by atoms with Crippen LogP contribution in [0.2, 0.25) is 0 Å². The zero-order valence-corrected chi connectivity index (χ0v) is 18.5. The summed E-state index contributed by atoms with van der Waals surface area (Å²) in [6.45, 7) is 2.44. The Hall–Kier alpha value is -1.68. The van der Waals surface area contributed by atoms with Crippen molar-refractivity contribution in [1.29, 1.82) is 0 Å². The maximum atomic E-state index is 12.3. The number of nitrogens with zero attached hydrogens (tertiary/aromatic N) is 1. The Labute approximate surface area is 180 Å². The van der Waals surface area contributed by atoms with Crippen molar-refractivity contribution in [2.24, 2.45) is 0 Å². The number of amides is 1. The van der Waals surface area contributed by atoms with Crippen LogP contribution in [0.4, 0.5) is 0 Å². The molecule has 2 N–H and O–H groups in total. The molecule has 1 fully saturated rings. The molecule has 1 aliphatic heterocycles. The maximum Gasteiger partial charge on any atom is 0.240 e. The van der Waals surface area contributed by atoms with Crippen LogP contribution in [0.5, 0.6) is 0 Å². The molecular formula is C20H26BrN3O4S. The van der Waals surface area contributed by atoms with E-state index in [0.717, 1.165) is 36.2 Å². The van der Waals surface area contributed by atoms with Crippen molar-refractivity contribution in [3.63, 3.8) is 0 Å². The SMILES string of the molecule is O=C(CCNS(=O)(=O)c1ccc(Br)cc1)NCC(c1ccco1)N1CCCCC1. The number of sulfonamides is 1. The average Bonchev–Trinajstić information content (AvgIpc) is 3.24. The Morgan fingerprint density at radius 1 is 1.14 bits per heavy atom. The van der Waals surface area contributed by atoms with Crippen molar-refractivity contribution < 1.29 is 17.6 Å². The second-order valence-corrected chi connectivity index (χ2v) is 9.72. The van der Waals surface area contributed by atoms with E-state index in [4.69, 9.17) is 4.42 Å². The Balaban J connectivity index is 1.48. The Kier molecular flexibility index (Phi) is 7.88. The smallest absolute Gasteiger partial charge is 0.240 e. The highest BCUT2D eigenvalue weighted by atomic mass is 79.9. The Morgan fingerprint density at radius 3 is 2.52 bits per heavy atom. The number of nitrogens with one attached hydrogen (secondary N) is 2. The largest absolute Gasteiger partial charge is 0.468 e. The number of rotatable bonds is 9. The molecule has 1 saturated heterocycles. The van der Waals surface area contributed by atoms with Gasteiger partial charge in [-0.2, -0.15) is 0 Å². The highest BCUT2D eigenvalue weighted by molar-refractivity contribution is 9.10. The third-order valence-electron chi connectivity index (χ3n) is 4.96. The monoisotopic (exact) mass is 483 g/mol. The molecule has 0 spiro atoms. The van der Waals surface area contributed by atoms with Crippen LogP contribution in [0.3, 0.4) is 0 Å². The van der Waals surface area contributed by atoms with Crippen LogP contribution in [0.15, 0.2) is 56.4 Å². The fraction of sp³-hybridized carbons (Fsp3) is 0.450. The highest BCUT2D eigenvalue weighted by Gasteiger charge is 2.25. The molecule has 1 atom stereocenters. The quantitative estimate of drug-likeness (QED) is 0.571. The summed E-state index contributed by atoms with van der Waals surface area (Å²) in [5.41, 5.74) is 0. The summed E-state index contributed by atoms with van der Waals surface area (Å²) in [7, 11) is -3.63. The third-order valence-corrected chi connectivity index (χ3v) is 6.97. The predicted octanol–water partition coefficient (Wildman–Crippen LogP) is 3.05. The fourth-order valence-electron chi connectivity index (χ4n) is 3.42. The summed E-state index contributed by atoms with van der Waals surface area (Å²) < 4.78 is 33.4. The van der Waals surface area contributed by atoms with E-state index in [2.05, 4.69) is 30.9 Å². The summed E-state index contributed by atoms with van der Waals surface area (Å²) in [4.78, 5) is 14.8. The van der Waals surface area contributed by atoms with Gasteiger partial charge < -0.3 is 9.73 Å². The summed E-state index contributed by atoms with van der Waals surface area (Å²) >= 11 is 3.28. The summed E-state index contributed by atoms with van der Waals surface area (Å²) in [5, 5.41) is 2.92. The Morgan fingerprint density at radius 2 is 1.86 bits per heavy atom. The zero-order valence-electron chi connectivity index (χ0n) is 16.1. The first-order valence-corrected chi connectivity index (χ1v) is 12.0. The Bertz CT molecular complexity index is 879. The van der Waals surface area contributed by atoms with Gasteiger partial charge in [-0.15, -0.1) is 0 Å². The van der Waals surface area contributed by atoms with Gasteiger partial charge in [-0.05, 0) is 62.3 Å². The molecule has 1 aromatic carbocycles. The van der Waals surface area contributed by atoms with Crippen molar-refractivity contribution in [1.82, 2.24) is 14.9 Å². The second kappa shape index (κ2) is 10.4. The van der Waals surface area contributed by atoms with E-state index in [1.54, 1.807) is 18.4 Å². The number of hydrogen-bond acceptors (Lipinski definition) is 5. The highest BCUT2D eigenvalue weighted by Crippen LogP contribution is 2.24. The maximum absolute atomic E-state index is 12.3. The molecule has 9 heteroatoms. The van der Waals surface area contributed by atoms with Crippen molar-refractivity contribution in [2.45, 2.75) is 36.6 Å². The molecule has 0 saturated carbocycles. The van der Waals surface area contributed by atoms with Crippen molar-refractivity contribution >= 4 is 31.9 Å². The van der Waals surface area contributed by atoms with Crippen LogP contribution in [-0.2, 0) is 14.8 Å². The van der Waals surface area contributed by atoms with Crippen LogP contribution >= 0.6 is 15.9 Å². The average molecular weight is 484 g/mol. The lowest BCUT2D eigenvalue weighted by Crippen LogP contribution is -2.41. The molecule has 2 aromatic rings. The normalized spacial score (nSPS) is 16.4. The van der Waals surface area contributed by atoms with Gasteiger partial charge >= 0.3 is 0 Å². The lowest BCUT2D eigenvalue weighted by Gasteiger charge is -2.33. The molecule has 158 valence electrons. The molecule has 0 bridgehead atoms. The van der Waals surface area contributed by atoms with Crippen molar-refractivity contribution in [3.05, 3.63) is 52.9 Å². The van der Waals surface area contributed by atoms with E-state index in [0.29, 0.717) is 6.54 Å². The summed E-state index contributed by atoms with van der Waals surface area (Å²) in [6.07, 6.45) is 5.23. The molecule has 2 heterocycles. The number of carbonyl (C=O) groups excluding carboxylic acids is 1. The van der Waals surface area contributed by atoms with Crippen LogP contribution < -0.4 is 10.0 Å². The first-order valence-electron chi connectivity index (χ1n) is 9.75. The number of furan rings is 1. The van der Waals surface area contributed by atoms with Crippen molar-refractivity contribution in [3.8, 4) is 0 Å². The van der Waals surface area contributed by atoms with Gasteiger partial charge in [0.2, 0.25) is 15.9 Å². The lowest BCUT2D eigenvalue weighted by atomic mass is 10.1. The molecular weight excluding hydrogens is 458 g/mol. The van der Waals surface area contributed by atoms with E-state index in [1.807, 2.05) is 12.1 Å². The lowest BCUT2D eigenvalue weighted by molar-refractivity contribution is -0.121. The summed E-state index contributed by atoms with van der Waals surface area (Å²) in [5.74, 6) is 0.639. The van der Waals surface area contributed by atoms with Crippen LogP contribution in [0.25, 0.3) is 0 Å². The molecule has 1 amide bonds. The van der Waals surface area contributed by atoms with Gasteiger partial charge in [0.05, 0.1) is 17.2 Å². The van der Waals surface area contributed by atoms with Gasteiger partial charge in [-0.3, -0.25) is 9.69 Å². The summed E-state index contributed by atoms with van der Waals surface area (Å²) in [6, 6.07) is 10.1. The van der Waals surface area contributed by atoms with Crippen LogP contribution in [-0.4, -0.2) is 45.4 Å². The molecule has 0 aliphatic carbocycles. The number of halogens is 1. The van der Waals surface area contributed by atoms with Gasteiger partial charge in [0.25, 0.3) is 0 Å². The topological polar surface area (TPSA) is 91.6 Å². The number of benzene rings is 1. The van der Waals surface area contributed by atoms with Gasteiger partial charge in [0, 0.05) is 24.0 Å². The number of carbonyl (C=O) groups is 1. The molecule has 0 radical (unpaired) electrons. The predicted molar refractivity (Wildman–Crippen MR) is 114 cm³/mol. The molecule has 1 aromatic heterocycles. The van der Waals surface area contributed by atoms with E-state index >= 15 is 0 Å². The van der Waals surface area contributed by atoms with Gasteiger partial charge in [0.1, 0.15) is 5.76 Å². The first-order chi connectivity index (χ1) is 14.0. The standard InChI is InChI=1S/C20H26BrN3O4S/c21-16-6-8-17(9-7-16)29(26,27)23-11-10-20(25)22-15-18(19-5-4-14-28-19)24-12-2-1-3-13-24/h4-9,14,18,23H,1-3,10-13,15H2,(H,22,25). The van der Waals surface area contributed by atoms with Gasteiger partial charge in [-0.1, -0.05) is 22.4 Å². The van der Waals surface area contributed by atoms with E-state index in [9.17, 15) is 13.2 Å². The molecule has 29 heavy (non-hydrogen) atoms. The molecule has 1 unspecified atom stereocenters. The molecule has 7 nitrogen and oxygen atoms in total. The number of piperidine rings is 1. The molecule has 3 rings (SSSR count). The van der Waals surface area contributed by atoms with Crippen molar-refractivity contribution in [2.75, 3.05) is 26.2 Å². The van der Waals surface area contributed by atoms with E-state index < -0.39 is 10.0 Å². The number of hydrogen-bond donors (Lipinski definition) is 2. The van der Waals surface area contributed by atoms with Crippen LogP contribution in [0.1, 0.15) is 37.5 Å². The van der Waals surface area contributed by atoms with Crippen LogP contribution in [0, 0.1) is 0 Å². The number of likely N-dealkylation sites (tertiary alicyclic amines) is 1. The second-order valence-electron chi connectivity index (χ2n) is 7.03.